The standard InChI is InChI=1S/CN4O/c6-1-2-4-5-3-1/p+1. The van der Waals surface area contributed by atoms with E-state index in [1.807, 2.05) is 5.11 Å². The van der Waals surface area contributed by atoms with Crippen LogP contribution in [0.2, 0.25) is 0 Å². The highest BCUT2D eigenvalue weighted by Crippen LogP contribution is 1.74. The summed E-state index contributed by atoms with van der Waals surface area (Å²) in [6.45, 7) is 0. The second-order valence-corrected chi connectivity index (χ2v) is 0.706. The van der Waals surface area contributed by atoms with Crippen molar-refractivity contribution in [3.63, 3.8) is 0 Å². The number of urea groups is 1. The highest BCUT2D eigenvalue weighted by atomic mass is 16.2. The molecule has 0 saturated heterocycles. The van der Waals surface area contributed by atoms with Crippen LogP contribution in [-0.2, 0) is 0 Å². The van der Waals surface area contributed by atoms with Crippen LogP contribution >= 0.6 is 0 Å². The van der Waals surface area contributed by atoms with E-state index in [2.05, 4.69) is 15.6 Å². The molecule has 1 N–H and O–H groups in total. The maximum Gasteiger partial charge on any atom is 0.531 e. The second-order valence-electron chi connectivity index (χ2n) is 0.706. The van der Waals surface area contributed by atoms with Crippen molar-refractivity contribution in [1.82, 2.24) is 0 Å². The minimum atomic E-state index is -0.505. The monoisotopic (exact) mass is 85.0 g/mol. The Kier molecular flexibility index (Phi) is 0.474. The number of carbonyl (C=O) groups excluding carboxylic acids is 1. The summed E-state index contributed by atoms with van der Waals surface area (Å²) >= 11 is 0. The summed E-state index contributed by atoms with van der Waals surface area (Å²) in [6, 6.07) is -0.505. The van der Waals surface area contributed by atoms with Crippen molar-refractivity contribution in [2.45, 2.75) is 0 Å². The minimum Gasteiger partial charge on any atom is -0.203 e. The average molecular weight is 85.0 g/mol. The molecule has 5 heteroatoms. The molecule has 0 atom stereocenters. The fourth-order valence-corrected chi connectivity index (χ4v) is 0.150. The quantitative estimate of drug-likeness (QED) is 0.403. The Bertz CT molecular complexity index is 110. The van der Waals surface area contributed by atoms with Crippen LogP contribution in [0.5, 0.6) is 0 Å². The van der Waals surface area contributed by atoms with Gasteiger partial charge in [-0.3, -0.25) is 0 Å². The molecule has 2 amide bonds. The zero-order chi connectivity index (χ0) is 4.41. The Morgan fingerprint density at radius 3 is 2.67 bits per heavy atom. The second kappa shape index (κ2) is 0.925. The first kappa shape index (κ1) is 3.08. The van der Waals surface area contributed by atoms with Crippen LogP contribution < -0.4 is 5.11 Å². The largest absolute Gasteiger partial charge is 0.531 e. The number of amides is 2. The third-order valence-electron chi connectivity index (χ3n) is 0.326. The van der Waals surface area contributed by atoms with Crippen LogP contribution in [0.4, 0.5) is 4.79 Å². The van der Waals surface area contributed by atoms with E-state index in [1.165, 1.54) is 0 Å². The number of hydrogen-bond donors (Lipinski definition) is 1. The Balaban J connectivity index is 2.86. The van der Waals surface area contributed by atoms with Crippen LogP contribution in [0.3, 0.4) is 0 Å². The Labute approximate surface area is 32.8 Å². The lowest BCUT2D eigenvalue weighted by Gasteiger charge is -1.46. The smallest absolute Gasteiger partial charge is 0.203 e. The molecule has 0 saturated carbocycles. The maximum atomic E-state index is 9.78. The van der Waals surface area contributed by atoms with E-state index in [9.17, 15) is 4.79 Å². The maximum absolute atomic E-state index is 9.78. The molecule has 0 aromatic heterocycles. The molecule has 0 unspecified atom stereocenters. The predicted octanol–water partition coefficient (Wildman–Crippen LogP) is -0.980. The summed E-state index contributed by atoms with van der Waals surface area (Å²) in [5.41, 5.74) is 0. The first-order chi connectivity index (χ1) is 2.89. The van der Waals surface area contributed by atoms with E-state index < -0.39 is 6.03 Å². The van der Waals surface area contributed by atoms with Crippen molar-refractivity contribution in [2.75, 3.05) is 0 Å². The zero-order valence-electron chi connectivity index (χ0n) is 2.75. The van der Waals surface area contributed by atoms with Gasteiger partial charge in [-0.2, -0.15) is 0 Å². The summed E-state index contributed by atoms with van der Waals surface area (Å²) in [5.74, 6) is 0. The molecule has 5 nitrogen and oxygen atoms in total. The van der Waals surface area contributed by atoms with Crippen molar-refractivity contribution in [3.05, 3.63) is 0 Å². The topological polar surface area (TPSA) is 68.1 Å². The SMILES string of the molecule is O=C1N=NN=[NH+]1. The highest BCUT2D eigenvalue weighted by Gasteiger charge is 2.08. The van der Waals surface area contributed by atoms with Gasteiger partial charge in [-0.05, 0) is 0 Å². The van der Waals surface area contributed by atoms with Gasteiger partial charge in [0.25, 0.3) is 0 Å². The van der Waals surface area contributed by atoms with Crippen LogP contribution in [0.25, 0.3) is 0 Å². The van der Waals surface area contributed by atoms with Gasteiger partial charge in [0.15, 0.2) is 5.11 Å². The van der Waals surface area contributed by atoms with E-state index in [1.54, 1.807) is 0 Å². The van der Waals surface area contributed by atoms with Gasteiger partial charge in [0.1, 0.15) is 5.22 Å². The average Bonchev–Trinajstić information content (AvgIpc) is 1.86. The molecule has 0 spiro atoms. The highest BCUT2D eigenvalue weighted by molar-refractivity contribution is 5.62. The first-order valence-electron chi connectivity index (χ1n) is 1.30. The molecule has 1 aliphatic heterocycles. The van der Waals surface area contributed by atoms with Crippen LogP contribution in [0.1, 0.15) is 0 Å². The Morgan fingerprint density at radius 1 is 1.67 bits per heavy atom. The lowest BCUT2D eigenvalue weighted by molar-refractivity contribution is -0.416. The minimum absolute atomic E-state index is 0.505. The van der Waals surface area contributed by atoms with E-state index in [-0.39, 0.29) is 0 Å². The van der Waals surface area contributed by atoms with Crippen molar-refractivity contribution >= 4 is 6.03 Å². The van der Waals surface area contributed by atoms with Crippen molar-refractivity contribution < 1.29 is 9.91 Å². The fraction of sp³-hybridized carbons (Fsp3) is 0. The molecular weight excluding hydrogens is 84.0 g/mol. The zero-order valence-corrected chi connectivity index (χ0v) is 2.75. The number of hydrogen-bond acceptors (Lipinski definition) is 3. The molecule has 0 aromatic rings. The third-order valence-corrected chi connectivity index (χ3v) is 0.326. The molecular formula is CHN4O+. The molecule has 0 fully saturated rings. The van der Waals surface area contributed by atoms with Crippen LogP contribution in [-0.4, -0.2) is 6.03 Å². The lowest BCUT2D eigenvalue weighted by Crippen LogP contribution is -2.66. The summed E-state index contributed by atoms with van der Waals surface area (Å²) in [5, 5.41) is 10.9. The van der Waals surface area contributed by atoms with E-state index in [4.69, 9.17) is 0 Å². The first-order valence-corrected chi connectivity index (χ1v) is 1.30. The molecule has 0 aliphatic carbocycles. The molecule has 6 heavy (non-hydrogen) atoms. The molecule has 1 aliphatic rings. The summed E-state index contributed by atoms with van der Waals surface area (Å²) < 4.78 is 0. The van der Waals surface area contributed by atoms with E-state index in [0.29, 0.717) is 0 Å². The molecule has 0 bridgehead atoms. The van der Waals surface area contributed by atoms with E-state index >= 15 is 0 Å². The van der Waals surface area contributed by atoms with Crippen molar-refractivity contribution in [3.8, 4) is 0 Å². The Morgan fingerprint density at radius 2 is 2.50 bits per heavy atom. The lowest BCUT2D eigenvalue weighted by atomic mass is 11.2. The fourth-order valence-electron chi connectivity index (χ4n) is 0.150. The van der Waals surface area contributed by atoms with Crippen molar-refractivity contribution in [1.29, 1.82) is 0 Å². The summed E-state index contributed by atoms with van der Waals surface area (Å²) in [7, 11) is 0. The number of nitrogens with one attached hydrogen (secondary N) is 1. The van der Waals surface area contributed by atoms with Gasteiger partial charge in [-0.25, -0.2) is 4.79 Å². The van der Waals surface area contributed by atoms with Gasteiger partial charge in [-0.1, -0.05) is 0 Å². The summed E-state index contributed by atoms with van der Waals surface area (Å²) in [4.78, 5) is 9.78. The molecule has 0 aromatic carbocycles. The van der Waals surface area contributed by atoms with Crippen LogP contribution in [0, 0.1) is 0 Å². The van der Waals surface area contributed by atoms with Gasteiger partial charge in [0.05, 0.1) is 0 Å². The van der Waals surface area contributed by atoms with Gasteiger partial charge in [0, 0.05) is 0 Å². The van der Waals surface area contributed by atoms with Gasteiger partial charge < -0.3 is 0 Å². The number of rotatable bonds is 0. The predicted molar refractivity (Wildman–Crippen MR) is 13.6 cm³/mol. The Hall–Kier alpha value is -1.13. The van der Waals surface area contributed by atoms with Gasteiger partial charge in [-0.15, -0.1) is 5.11 Å². The van der Waals surface area contributed by atoms with Crippen LogP contribution in [0.15, 0.2) is 15.6 Å². The van der Waals surface area contributed by atoms with Crippen molar-refractivity contribution in [2.24, 2.45) is 15.6 Å². The summed E-state index contributed by atoms with van der Waals surface area (Å²) in [6.07, 6.45) is 0. The van der Waals surface area contributed by atoms with Gasteiger partial charge >= 0.3 is 6.03 Å². The van der Waals surface area contributed by atoms with Gasteiger partial charge in [0.2, 0.25) is 5.22 Å². The number of nitrogens with zero attached hydrogens (tertiary/aromatic N) is 3. The molecule has 1 heterocycles. The molecule has 0 radical (unpaired) electrons. The molecule has 1 rings (SSSR count). The number of carbonyl (C=O) groups is 1. The normalized spacial score (nSPS) is 17.0. The third kappa shape index (κ3) is 0.291. The molecule has 30 valence electrons. The van der Waals surface area contributed by atoms with E-state index in [0.717, 1.165) is 0 Å².